The van der Waals surface area contributed by atoms with Gasteiger partial charge in [0.05, 0.1) is 7.11 Å². The van der Waals surface area contributed by atoms with E-state index in [1.807, 2.05) is 6.92 Å². The van der Waals surface area contributed by atoms with Gasteiger partial charge in [-0.15, -0.1) is 0 Å². The summed E-state index contributed by atoms with van der Waals surface area (Å²) < 4.78 is 5.52. The zero-order valence-electron chi connectivity index (χ0n) is 11.0. The van der Waals surface area contributed by atoms with E-state index >= 15 is 0 Å². The first-order valence-electron chi connectivity index (χ1n) is 6.11. The van der Waals surface area contributed by atoms with Crippen LogP contribution in [-0.2, 0) is 9.53 Å². The maximum atomic E-state index is 12.1. The number of hydrogen-bond donors (Lipinski definition) is 0. The highest BCUT2D eigenvalue weighted by Gasteiger charge is 2.56. The van der Waals surface area contributed by atoms with E-state index in [4.69, 9.17) is 4.74 Å². The van der Waals surface area contributed by atoms with Crippen molar-refractivity contribution in [3.63, 3.8) is 0 Å². The molecular weight excluding hydrogens is 200 g/mol. The normalized spacial score (nSPS) is 37.6. The van der Waals surface area contributed by atoms with Gasteiger partial charge in [-0.05, 0) is 30.6 Å². The summed E-state index contributed by atoms with van der Waals surface area (Å²) in [4.78, 5) is 12.1. The Balaban J connectivity index is 2.56. The number of rotatable bonds is 1. The monoisotopic (exact) mass is 222 g/mol. The maximum absolute atomic E-state index is 12.1. The molecule has 2 aliphatic rings. The Hall–Kier alpha value is -0.790. The molecule has 90 valence electrons. The summed E-state index contributed by atoms with van der Waals surface area (Å²) in [6.45, 7) is 8.75. The van der Waals surface area contributed by atoms with E-state index in [-0.39, 0.29) is 16.6 Å². The van der Waals surface area contributed by atoms with Crippen LogP contribution in [0.25, 0.3) is 0 Å². The standard InChI is InChI=1S/C14H22O2/c1-9-11(15)8-14(4)7-6-10(12(9)16-5)13(14,2)3/h10H,6-8H2,1-5H3/t10-,14+/m0/s1. The minimum absolute atomic E-state index is 0.135. The number of ether oxygens (including phenoxy) is 1. The molecule has 0 spiro atoms. The van der Waals surface area contributed by atoms with Gasteiger partial charge in [0, 0.05) is 17.9 Å². The second-order valence-electron chi connectivity index (χ2n) is 6.17. The summed E-state index contributed by atoms with van der Waals surface area (Å²) >= 11 is 0. The van der Waals surface area contributed by atoms with Crippen LogP contribution in [0.2, 0.25) is 0 Å². The van der Waals surface area contributed by atoms with Crippen molar-refractivity contribution in [3.8, 4) is 0 Å². The van der Waals surface area contributed by atoms with E-state index in [9.17, 15) is 4.79 Å². The van der Waals surface area contributed by atoms with Crippen molar-refractivity contribution in [2.45, 2.75) is 47.0 Å². The Morgan fingerprint density at radius 3 is 2.50 bits per heavy atom. The average Bonchev–Trinajstić information content (AvgIpc) is 2.39. The molecule has 16 heavy (non-hydrogen) atoms. The predicted molar refractivity (Wildman–Crippen MR) is 63.9 cm³/mol. The maximum Gasteiger partial charge on any atom is 0.162 e. The van der Waals surface area contributed by atoms with Crippen LogP contribution in [0.3, 0.4) is 0 Å². The predicted octanol–water partition coefficient (Wildman–Crippen LogP) is 3.32. The van der Waals surface area contributed by atoms with Crippen LogP contribution in [-0.4, -0.2) is 12.9 Å². The van der Waals surface area contributed by atoms with E-state index in [1.54, 1.807) is 7.11 Å². The number of methoxy groups -OCH3 is 1. The van der Waals surface area contributed by atoms with Crippen molar-refractivity contribution >= 4 is 5.78 Å². The number of hydrogen-bond acceptors (Lipinski definition) is 2. The minimum atomic E-state index is 0.135. The van der Waals surface area contributed by atoms with Crippen molar-refractivity contribution in [3.05, 3.63) is 11.3 Å². The smallest absolute Gasteiger partial charge is 0.162 e. The summed E-state index contributed by atoms with van der Waals surface area (Å²) in [7, 11) is 1.70. The molecule has 0 aromatic heterocycles. The lowest BCUT2D eigenvalue weighted by molar-refractivity contribution is -0.118. The molecule has 1 fully saturated rings. The Kier molecular flexibility index (Phi) is 2.45. The summed E-state index contributed by atoms with van der Waals surface area (Å²) in [5.74, 6) is 1.62. The number of carbonyl (C=O) groups is 1. The molecule has 0 saturated heterocycles. The van der Waals surface area contributed by atoms with Crippen LogP contribution in [0.1, 0.15) is 47.0 Å². The second-order valence-corrected chi connectivity index (χ2v) is 6.17. The van der Waals surface area contributed by atoms with E-state index in [0.29, 0.717) is 12.3 Å². The van der Waals surface area contributed by atoms with Crippen LogP contribution < -0.4 is 0 Å². The average molecular weight is 222 g/mol. The van der Waals surface area contributed by atoms with Crippen molar-refractivity contribution in [2.24, 2.45) is 16.7 Å². The van der Waals surface area contributed by atoms with Crippen molar-refractivity contribution < 1.29 is 9.53 Å². The molecule has 0 radical (unpaired) electrons. The Bertz CT molecular complexity index is 365. The van der Waals surface area contributed by atoms with E-state index < -0.39 is 0 Å². The van der Waals surface area contributed by atoms with Gasteiger partial charge in [0.15, 0.2) is 5.78 Å². The van der Waals surface area contributed by atoms with Crippen LogP contribution >= 0.6 is 0 Å². The molecule has 0 aromatic rings. The molecule has 2 heteroatoms. The van der Waals surface area contributed by atoms with Gasteiger partial charge in [-0.2, -0.15) is 0 Å². The summed E-state index contributed by atoms with van der Waals surface area (Å²) in [6.07, 6.45) is 2.96. The van der Waals surface area contributed by atoms with Crippen LogP contribution in [0.5, 0.6) is 0 Å². The summed E-state index contributed by atoms with van der Waals surface area (Å²) in [5, 5.41) is 0. The summed E-state index contributed by atoms with van der Waals surface area (Å²) in [5.41, 5.74) is 1.14. The zero-order chi connectivity index (χ0) is 12.1. The molecule has 2 bridgehead atoms. The van der Waals surface area contributed by atoms with Crippen LogP contribution in [0, 0.1) is 16.7 Å². The van der Waals surface area contributed by atoms with E-state index in [0.717, 1.165) is 24.2 Å². The topological polar surface area (TPSA) is 26.3 Å². The molecular formula is C14H22O2. The largest absolute Gasteiger partial charge is 0.500 e. The highest BCUT2D eigenvalue weighted by Crippen LogP contribution is 2.61. The van der Waals surface area contributed by atoms with Crippen molar-refractivity contribution in [2.75, 3.05) is 7.11 Å². The Morgan fingerprint density at radius 1 is 1.31 bits per heavy atom. The number of Topliss-reactive ketones (excluding diaryl/α,β-unsaturated/α-hetero) is 1. The highest BCUT2D eigenvalue weighted by molar-refractivity contribution is 5.96. The fourth-order valence-electron chi connectivity index (χ4n) is 3.52. The minimum Gasteiger partial charge on any atom is -0.500 e. The lowest BCUT2D eigenvalue weighted by Crippen LogP contribution is -2.34. The molecule has 2 rings (SSSR count). The van der Waals surface area contributed by atoms with Gasteiger partial charge in [0.25, 0.3) is 0 Å². The molecule has 0 N–H and O–H groups in total. The van der Waals surface area contributed by atoms with Gasteiger partial charge >= 0.3 is 0 Å². The number of fused-ring (bicyclic) bond motifs is 2. The molecule has 2 atom stereocenters. The molecule has 1 saturated carbocycles. The quantitative estimate of drug-likeness (QED) is 0.680. The Labute approximate surface area is 98.1 Å². The number of allylic oxidation sites excluding steroid dienone is 2. The van der Waals surface area contributed by atoms with Gasteiger partial charge in [-0.3, -0.25) is 4.79 Å². The van der Waals surface area contributed by atoms with Gasteiger partial charge < -0.3 is 4.74 Å². The first kappa shape index (κ1) is 11.7. The molecule has 0 aromatic carbocycles. The third-order valence-electron chi connectivity index (χ3n) is 5.29. The molecule has 0 heterocycles. The van der Waals surface area contributed by atoms with Gasteiger partial charge in [0.1, 0.15) is 5.76 Å². The van der Waals surface area contributed by atoms with Gasteiger partial charge in [0.2, 0.25) is 0 Å². The second kappa shape index (κ2) is 3.35. The fourth-order valence-corrected chi connectivity index (χ4v) is 3.52. The van der Waals surface area contributed by atoms with Gasteiger partial charge in [-0.25, -0.2) is 0 Å². The third-order valence-corrected chi connectivity index (χ3v) is 5.29. The molecule has 0 aliphatic heterocycles. The van der Waals surface area contributed by atoms with Crippen molar-refractivity contribution in [1.29, 1.82) is 0 Å². The van der Waals surface area contributed by atoms with Crippen LogP contribution in [0.15, 0.2) is 11.3 Å². The molecule has 2 nitrogen and oxygen atoms in total. The number of carbonyl (C=O) groups excluding carboxylic acids is 1. The number of ketones is 1. The highest BCUT2D eigenvalue weighted by atomic mass is 16.5. The first-order valence-corrected chi connectivity index (χ1v) is 6.11. The summed E-state index contributed by atoms with van der Waals surface area (Å²) in [6, 6.07) is 0. The van der Waals surface area contributed by atoms with E-state index in [1.165, 1.54) is 0 Å². The van der Waals surface area contributed by atoms with Gasteiger partial charge in [-0.1, -0.05) is 20.8 Å². The lowest BCUT2D eigenvalue weighted by Gasteiger charge is -2.40. The molecule has 2 aliphatic carbocycles. The fraction of sp³-hybridized carbons (Fsp3) is 0.786. The van der Waals surface area contributed by atoms with Crippen LogP contribution in [0.4, 0.5) is 0 Å². The SMILES string of the molecule is COC1=C(C)C(=O)C[C@@]2(C)CC[C@@H]1C2(C)C. The third kappa shape index (κ3) is 1.28. The van der Waals surface area contributed by atoms with Crippen molar-refractivity contribution in [1.82, 2.24) is 0 Å². The Morgan fingerprint density at radius 2 is 1.94 bits per heavy atom. The molecule has 0 amide bonds. The first-order chi connectivity index (χ1) is 7.33. The van der Waals surface area contributed by atoms with E-state index in [2.05, 4.69) is 20.8 Å². The lowest BCUT2D eigenvalue weighted by atomic mass is 9.64. The molecule has 0 unspecified atom stereocenters. The zero-order valence-corrected chi connectivity index (χ0v) is 11.0.